The Kier molecular flexibility index (Phi) is 7.62. The number of carbonyl (C=O) groups is 2. The van der Waals surface area contributed by atoms with Gasteiger partial charge >= 0.3 is 11.9 Å². The lowest BCUT2D eigenvalue weighted by molar-refractivity contribution is -0.149. The van der Waals surface area contributed by atoms with Crippen LogP contribution in [0.5, 0.6) is 0 Å². The highest BCUT2D eigenvalue weighted by Crippen LogP contribution is 1.96. The van der Waals surface area contributed by atoms with Gasteiger partial charge in [0.15, 0.2) is 0 Å². The van der Waals surface area contributed by atoms with E-state index in [-0.39, 0.29) is 38.0 Å². The van der Waals surface area contributed by atoms with E-state index in [1.54, 1.807) is 13.8 Å². The highest BCUT2D eigenvalue weighted by Gasteiger charge is 2.08. The van der Waals surface area contributed by atoms with E-state index in [9.17, 15) is 14.7 Å². The third-order valence-electron chi connectivity index (χ3n) is 1.73. The van der Waals surface area contributed by atoms with E-state index < -0.39 is 6.10 Å². The van der Waals surface area contributed by atoms with E-state index in [0.717, 1.165) is 0 Å². The summed E-state index contributed by atoms with van der Waals surface area (Å²) in [5, 5.41) is 9.31. The number of aliphatic hydroxyl groups is 1. The molecule has 5 heteroatoms. The van der Waals surface area contributed by atoms with Crippen LogP contribution in [0.2, 0.25) is 0 Å². The van der Waals surface area contributed by atoms with Crippen LogP contribution in [0.3, 0.4) is 0 Å². The Morgan fingerprint density at radius 1 is 1.13 bits per heavy atom. The minimum atomic E-state index is -0.773. The fraction of sp³-hybridized carbons (Fsp3) is 0.800. The Bertz CT molecular complexity index is 202. The monoisotopic (exact) mass is 218 g/mol. The molecule has 0 aromatic rings. The smallest absolute Gasteiger partial charge is 0.305 e. The molecule has 0 aromatic heterocycles. The second kappa shape index (κ2) is 8.23. The molecular weight excluding hydrogens is 200 g/mol. The molecule has 0 rings (SSSR count). The molecule has 0 aromatic carbocycles. The summed E-state index contributed by atoms with van der Waals surface area (Å²) in [6, 6.07) is 0. The van der Waals surface area contributed by atoms with E-state index in [0.29, 0.717) is 6.42 Å². The maximum absolute atomic E-state index is 10.7. The Hall–Kier alpha value is -1.10. The van der Waals surface area contributed by atoms with Gasteiger partial charge in [-0.1, -0.05) is 13.8 Å². The Morgan fingerprint density at radius 3 is 2.20 bits per heavy atom. The quantitative estimate of drug-likeness (QED) is 0.635. The summed E-state index contributed by atoms with van der Waals surface area (Å²) >= 11 is 0. The standard InChI is InChI=1S/C10H18O5/c1-3-9(12)14-6-5-8(11)7-15-10(13)4-2/h8,11H,3-7H2,1-2H3/t8-/m1/s1. The normalized spacial score (nSPS) is 11.9. The first-order valence-electron chi connectivity index (χ1n) is 5.09. The maximum Gasteiger partial charge on any atom is 0.305 e. The highest BCUT2D eigenvalue weighted by molar-refractivity contribution is 5.69. The summed E-state index contributed by atoms with van der Waals surface area (Å²) < 4.78 is 9.46. The molecule has 0 bridgehead atoms. The van der Waals surface area contributed by atoms with Gasteiger partial charge in [-0.05, 0) is 0 Å². The minimum absolute atomic E-state index is 0.0453. The molecule has 1 atom stereocenters. The SMILES string of the molecule is CCC(=O)OCC[C@@H](O)COC(=O)CC. The van der Waals surface area contributed by atoms with Gasteiger partial charge in [0.2, 0.25) is 0 Å². The molecule has 0 radical (unpaired) electrons. The lowest BCUT2D eigenvalue weighted by atomic mass is 10.3. The van der Waals surface area contributed by atoms with E-state index in [1.165, 1.54) is 0 Å². The van der Waals surface area contributed by atoms with Crippen molar-refractivity contribution in [3.8, 4) is 0 Å². The number of hydrogen-bond donors (Lipinski definition) is 1. The van der Waals surface area contributed by atoms with E-state index in [2.05, 4.69) is 0 Å². The van der Waals surface area contributed by atoms with Gasteiger partial charge in [-0.15, -0.1) is 0 Å². The molecule has 15 heavy (non-hydrogen) atoms. The van der Waals surface area contributed by atoms with Gasteiger partial charge in [-0.25, -0.2) is 0 Å². The van der Waals surface area contributed by atoms with Gasteiger partial charge in [0.25, 0.3) is 0 Å². The van der Waals surface area contributed by atoms with Crippen molar-refractivity contribution in [3.05, 3.63) is 0 Å². The summed E-state index contributed by atoms with van der Waals surface area (Å²) in [4.78, 5) is 21.4. The number of aliphatic hydroxyl groups excluding tert-OH is 1. The van der Waals surface area contributed by atoms with Gasteiger partial charge in [-0.2, -0.15) is 0 Å². The number of ether oxygens (including phenoxy) is 2. The van der Waals surface area contributed by atoms with E-state index >= 15 is 0 Å². The summed E-state index contributed by atoms with van der Waals surface area (Å²) in [6.07, 6.45) is 0.117. The van der Waals surface area contributed by atoms with Crippen molar-refractivity contribution in [3.63, 3.8) is 0 Å². The molecule has 0 unspecified atom stereocenters. The molecule has 0 aliphatic rings. The van der Waals surface area contributed by atoms with Gasteiger partial charge in [0, 0.05) is 19.3 Å². The first kappa shape index (κ1) is 13.9. The molecule has 0 amide bonds. The second-order valence-electron chi connectivity index (χ2n) is 3.05. The third kappa shape index (κ3) is 7.93. The number of rotatable bonds is 7. The Morgan fingerprint density at radius 2 is 1.67 bits per heavy atom. The second-order valence-corrected chi connectivity index (χ2v) is 3.05. The van der Waals surface area contributed by atoms with Gasteiger partial charge in [-0.3, -0.25) is 9.59 Å². The van der Waals surface area contributed by atoms with Gasteiger partial charge < -0.3 is 14.6 Å². The molecule has 0 heterocycles. The molecule has 0 aliphatic carbocycles. The first-order chi connectivity index (χ1) is 7.10. The van der Waals surface area contributed by atoms with Crippen molar-refractivity contribution >= 4 is 11.9 Å². The molecule has 5 nitrogen and oxygen atoms in total. The van der Waals surface area contributed by atoms with Crippen LogP contribution in [0.25, 0.3) is 0 Å². The zero-order chi connectivity index (χ0) is 11.7. The molecule has 88 valence electrons. The van der Waals surface area contributed by atoms with Crippen molar-refractivity contribution in [2.45, 2.75) is 39.2 Å². The number of carbonyl (C=O) groups excluding carboxylic acids is 2. The lowest BCUT2D eigenvalue weighted by Gasteiger charge is -2.10. The number of esters is 2. The zero-order valence-electron chi connectivity index (χ0n) is 9.19. The molecule has 0 spiro atoms. The van der Waals surface area contributed by atoms with Crippen molar-refractivity contribution in [2.24, 2.45) is 0 Å². The average molecular weight is 218 g/mol. The summed E-state index contributed by atoms with van der Waals surface area (Å²) in [5.41, 5.74) is 0. The van der Waals surface area contributed by atoms with Crippen LogP contribution in [-0.4, -0.2) is 36.4 Å². The predicted molar refractivity (Wildman–Crippen MR) is 53.1 cm³/mol. The molecule has 1 N–H and O–H groups in total. The third-order valence-corrected chi connectivity index (χ3v) is 1.73. The fourth-order valence-electron chi connectivity index (χ4n) is 0.785. The van der Waals surface area contributed by atoms with Crippen LogP contribution in [-0.2, 0) is 19.1 Å². The molecule has 0 fully saturated rings. The van der Waals surface area contributed by atoms with Crippen LogP contribution in [0.1, 0.15) is 33.1 Å². The zero-order valence-corrected chi connectivity index (χ0v) is 9.19. The van der Waals surface area contributed by atoms with Crippen LogP contribution < -0.4 is 0 Å². The minimum Gasteiger partial charge on any atom is -0.466 e. The molecule has 0 saturated heterocycles. The van der Waals surface area contributed by atoms with E-state index in [1.807, 2.05) is 0 Å². The summed E-state index contributed by atoms with van der Waals surface area (Å²) in [6.45, 7) is 3.48. The Balaban J connectivity index is 3.45. The Labute approximate surface area is 89.4 Å². The number of hydrogen-bond acceptors (Lipinski definition) is 5. The molecule has 0 aliphatic heterocycles. The van der Waals surface area contributed by atoms with Crippen molar-refractivity contribution in [1.82, 2.24) is 0 Å². The molecular formula is C10H18O5. The van der Waals surface area contributed by atoms with Gasteiger partial charge in [0.1, 0.15) is 6.61 Å². The fourth-order valence-corrected chi connectivity index (χ4v) is 0.785. The van der Waals surface area contributed by atoms with Crippen LogP contribution in [0.4, 0.5) is 0 Å². The maximum atomic E-state index is 10.7. The van der Waals surface area contributed by atoms with Crippen LogP contribution in [0, 0.1) is 0 Å². The average Bonchev–Trinajstić information content (AvgIpc) is 2.25. The largest absolute Gasteiger partial charge is 0.466 e. The molecule has 0 saturated carbocycles. The van der Waals surface area contributed by atoms with Crippen molar-refractivity contribution in [2.75, 3.05) is 13.2 Å². The summed E-state index contributed by atoms with van der Waals surface area (Å²) in [5.74, 6) is -0.646. The van der Waals surface area contributed by atoms with Crippen molar-refractivity contribution in [1.29, 1.82) is 0 Å². The highest BCUT2D eigenvalue weighted by atomic mass is 16.5. The van der Waals surface area contributed by atoms with Gasteiger partial charge in [0.05, 0.1) is 12.7 Å². The van der Waals surface area contributed by atoms with Crippen LogP contribution >= 0.6 is 0 Å². The topological polar surface area (TPSA) is 72.8 Å². The van der Waals surface area contributed by atoms with E-state index in [4.69, 9.17) is 9.47 Å². The summed E-state index contributed by atoms with van der Waals surface area (Å²) in [7, 11) is 0. The first-order valence-corrected chi connectivity index (χ1v) is 5.09. The lowest BCUT2D eigenvalue weighted by Crippen LogP contribution is -2.20. The predicted octanol–water partition coefficient (Wildman–Crippen LogP) is 0.644. The van der Waals surface area contributed by atoms with Crippen molar-refractivity contribution < 1.29 is 24.2 Å². The van der Waals surface area contributed by atoms with Crippen LogP contribution in [0.15, 0.2) is 0 Å².